The molecular formula is C7H14O2. The minimum absolute atomic E-state index is 0.0991. The van der Waals surface area contributed by atoms with Gasteiger partial charge in [-0.2, -0.15) is 0 Å². The maximum Gasteiger partial charge on any atom is 0.0728 e. The summed E-state index contributed by atoms with van der Waals surface area (Å²) in [5, 5.41) is 8.33. The van der Waals surface area contributed by atoms with Crippen molar-refractivity contribution in [3.63, 3.8) is 0 Å². The predicted octanol–water partition coefficient (Wildman–Crippen LogP) is 0.960. The molecule has 0 aromatic heterocycles. The number of aliphatic hydroxyl groups excluding tert-OH is 1. The Balaban J connectivity index is 3.15. The van der Waals surface area contributed by atoms with Crippen LogP contribution in [0.25, 0.3) is 0 Å². The second kappa shape index (κ2) is 5.79. The molecule has 0 amide bonds. The molecule has 0 rings (SSSR count). The number of hydrogen-bond acceptors (Lipinski definition) is 2. The molecule has 2 heteroatoms. The van der Waals surface area contributed by atoms with Crippen LogP contribution in [-0.2, 0) is 4.74 Å². The molecule has 0 aliphatic rings. The molecule has 0 fully saturated rings. The summed E-state index contributed by atoms with van der Waals surface area (Å²) in [6.07, 6.45) is 4.00. The normalized spacial score (nSPS) is 14.6. The topological polar surface area (TPSA) is 29.5 Å². The number of allylic oxidation sites excluding steroid dienone is 1. The van der Waals surface area contributed by atoms with Crippen LogP contribution >= 0.6 is 0 Å². The highest BCUT2D eigenvalue weighted by Gasteiger charge is 1.92. The maximum atomic E-state index is 8.33. The fraction of sp³-hybridized carbons (Fsp3) is 0.714. The number of rotatable bonds is 4. The first-order valence-electron chi connectivity index (χ1n) is 3.16. The second-order valence-electron chi connectivity index (χ2n) is 1.83. The van der Waals surface area contributed by atoms with Crippen molar-refractivity contribution in [1.82, 2.24) is 0 Å². The highest BCUT2D eigenvalue weighted by atomic mass is 16.5. The lowest BCUT2D eigenvalue weighted by Gasteiger charge is -2.05. The standard InChI is InChI=1S/C7H14O2/c1-3-4-7(2)9-6-5-8/h3-4,7-8H,5-6H2,1-2H3/b4-3+/t7-/m0/s1. The van der Waals surface area contributed by atoms with Gasteiger partial charge in [0, 0.05) is 0 Å². The lowest BCUT2D eigenvalue weighted by atomic mass is 10.4. The molecule has 2 nitrogen and oxygen atoms in total. The van der Waals surface area contributed by atoms with Gasteiger partial charge in [-0.3, -0.25) is 0 Å². The second-order valence-corrected chi connectivity index (χ2v) is 1.83. The Bertz CT molecular complexity index is 79.0. The zero-order valence-corrected chi connectivity index (χ0v) is 6.00. The van der Waals surface area contributed by atoms with Gasteiger partial charge in [-0.15, -0.1) is 0 Å². The summed E-state index contributed by atoms with van der Waals surface area (Å²) in [6, 6.07) is 0. The van der Waals surface area contributed by atoms with Crippen LogP contribution < -0.4 is 0 Å². The van der Waals surface area contributed by atoms with E-state index < -0.39 is 0 Å². The van der Waals surface area contributed by atoms with E-state index in [0.717, 1.165) is 0 Å². The van der Waals surface area contributed by atoms with Gasteiger partial charge in [-0.1, -0.05) is 12.2 Å². The van der Waals surface area contributed by atoms with Crippen molar-refractivity contribution < 1.29 is 9.84 Å². The Morgan fingerprint density at radius 1 is 1.67 bits per heavy atom. The van der Waals surface area contributed by atoms with Crippen LogP contribution in [0.15, 0.2) is 12.2 Å². The van der Waals surface area contributed by atoms with Gasteiger partial charge in [0.15, 0.2) is 0 Å². The Morgan fingerprint density at radius 3 is 2.78 bits per heavy atom. The van der Waals surface area contributed by atoms with Crippen molar-refractivity contribution in [3.8, 4) is 0 Å². The van der Waals surface area contributed by atoms with Crippen LogP contribution in [0, 0.1) is 0 Å². The summed E-state index contributed by atoms with van der Waals surface area (Å²) in [6.45, 7) is 4.40. The number of aliphatic hydroxyl groups is 1. The summed E-state index contributed by atoms with van der Waals surface area (Å²) in [7, 11) is 0. The highest BCUT2D eigenvalue weighted by molar-refractivity contribution is 4.83. The van der Waals surface area contributed by atoms with Crippen LogP contribution in [0.3, 0.4) is 0 Å². The molecule has 0 heterocycles. The molecule has 1 N–H and O–H groups in total. The molecule has 0 radical (unpaired) electrons. The highest BCUT2D eigenvalue weighted by Crippen LogP contribution is 1.90. The van der Waals surface area contributed by atoms with Crippen LogP contribution in [0.2, 0.25) is 0 Å². The van der Waals surface area contributed by atoms with Crippen LogP contribution in [0.1, 0.15) is 13.8 Å². The minimum Gasteiger partial charge on any atom is -0.394 e. The molecule has 0 aromatic rings. The molecule has 0 unspecified atom stereocenters. The van der Waals surface area contributed by atoms with E-state index in [1.807, 2.05) is 26.0 Å². The van der Waals surface area contributed by atoms with E-state index in [4.69, 9.17) is 9.84 Å². The van der Waals surface area contributed by atoms with Crippen molar-refractivity contribution in [2.45, 2.75) is 20.0 Å². The Labute approximate surface area is 56.1 Å². The van der Waals surface area contributed by atoms with Gasteiger partial charge in [0.2, 0.25) is 0 Å². The van der Waals surface area contributed by atoms with Crippen molar-refractivity contribution in [2.75, 3.05) is 13.2 Å². The average Bonchev–Trinajstić information content (AvgIpc) is 1.85. The minimum atomic E-state index is 0.0991. The first-order valence-corrected chi connectivity index (χ1v) is 3.16. The van der Waals surface area contributed by atoms with E-state index in [0.29, 0.717) is 6.61 Å². The maximum absolute atomic E-state index is 8.33. The third kappa shape index (κ3) is 5.53. The van der Waals surface area contributed by atoms with E-state index in [1.165, 1.54) is 0 Å². The summed E-state index contributed by atoms with van der Waals surface area (Å²) < 4.78 is 5.09. The average molecular weight is 130 g/mol. The molecule has 1 atom stereocenters. The van der Waals surface area contributed by atoms with Gasteiger partial charge >= 0.3 is 0 Å². The third-order valence-electron chi connectivity index (χ3n) is 0.935. The van der Waals surface area contributed by atoms with Crippen LogP contribution in [0.5, 0.6) is 0 Å². The Morgan fingerprint density at radius 2 is 2.33 bits per heavy atom. The quantitative estimate of drug-likeness (QED) is 0.574. The zero-order valence-electron chi connectivity index (χ0n) is 6.00. The van der Waals surface area contributed by atoms with E-state index in [1.54, 1.807) is 0 Å². The SMILES string of the molecule is C/C=C/[C@H](C)OCCO. The molecule has 0 aliphatic heterocycles. The lowest BCUT2D eigenvalue weighted by Crippen LogP contribution is -2.07. The summed E-state index contributed by atoms with van der Waals surface area (Å²) in [5.41, 5.74) is 0. The van der Waals surface area contributed by atoms with E-state index in [2.05, 4.69) is 0 Å². The molecular weight excluding hydrogens is 116 g/mol. The fourth-order valence-electron chi connectivity index (χ4n) is 0.565. The van der Waals surface area contributed by atoms with Crippen molar-refractivity contribution in [2.24, 2.45) is 0 Å². The smallest absolute Gasteiger partial charge is 0.0728 e. The van der Waals surface area contributed by atoms with Crippen molar-refractivity contribution >= 4 is 0 Å². The molecule has 0 saturated carbocycles. The van der Waals surface area contributed by atoms with Gasteiger partial charge in [0.25, 0.3) is 0 Å². The first kappa shape index (κ1) is 8.66. The largest absolute Gasteiger partial charge is 0.394 e. The van der Waals surface area contributed by atoms with Gasteiger partial charge in [0.1, 0.15) is 0 Å². The van der Waals surface area contributed by atoms with Crippen LogP contribution in [0.4, 0.5) is 0 Å². The van der Waals surface area contributed by atoms with Gasteiger partial charge in [-0.25, -0.2) is 0 Å². The molecule has 9 heavy (non-hydrogen) atoms. The van der Waals surface area contributed by atoms with Crippen molar-refractivity contribution in [1.29, 1.82) is 0 Å². The summed E-state index contributed by atoms with van der Waals surface area (Å²) >= 11 is 0. The summed E-state index contributed by atoms with van der Waals surface area (Å²) in [4.78, 5) is 0. The van der Waals surface area contributed by atoms with E-state index in [-0.39, 0.29) is 12.7 Å². The van der Waals surface area contributed by atoms with Gasteiger partial charge in [0.05, 0.1) is 19.3 Å². The molecule has 0 saturated heterocycles. The summed E-state index contributed by atoms with van der Waals surface area (Å²) in [5.74, 6) is 0. The Kier molecular flexibility index (Phi) is 5.57. The van der Waals surface area contributed by atoms with Gasteiger partial charge < -0.3 is 9.84 Å². The molecule has 0 aromatic carbocycles. The first-order chi connectivity index (χ1) is 4.31. The lowest BCUT2D eigenvalue weighted by molar-refractivity contribution is 0.0640. The molecule has 0 bridgehead atoms. The predicted molar refractivity (Wildman–Crippen MR) is 37.3 cm³/mol. The monoisotopic (exact) mass is 130 g/mol. The Hall–Kier alpha value is -0.340. The zero-order chi connectivity index (χ0) is 7.11. The molecule has 54 valence electrons. The van der Waals surface area contributed by atoms with Crippen LogP contribution in [-0.4, -0.2) is 24.4 Å². The number of hydrogen-bond donors (Lipinski definition) is 1. The van der Waals surface area contributed by atoms with Gasteiger partial charge in [-0.05, 0) is 13.8 Å². The third-order valence-corrected chi connectivity index (χ3v) is 0.935. The molecule has 0 aliphatic carbocycles. The number of ether oxygens (including phenoxy) is 1. The van der Waals surface area contributed by atoms with E-state index >= 15 is 0 Å². The molecule has 0 spiro atoms. The van der Waals surface area contributed by atoms with Crippen molar-refractivity contribution in [3.05, 3.63) is 12.2 Å². The fourth-order valence-corrected chi connectivity index (χ4v) is 0.565. The van der Waals surface area contributed by atoms with E-state index in [9.17, 15) is 0 Å².